The topological polar surface area (TPSA) is 108 Å². The molecule has 0 heterocycles. The van der Waals surface area contributed by atoms with Gasteiger partial charge in [0.25, 0.3) is 0 Å². The number of nitrogens with zero attached hydrogens (tertiary/aromatic N) is 1. The summed E-state index contributed by atoms with van der Waals surface area (Å²) < 4.78 is 34.7. The maximum Gasteiger partial charge on any atom is 0.472 e. The van der Waals surface area contributed by atoms with E-state index in [0.717, 1.165) is 70.6 Å². The lowest BCUT2D eigenvalue weighted by Crippen LogP contribution is -2.37. The van der Waals surface area contributed by atoms with Crippen LogP contribution >= 0.6 is 7.82 Å². The van der Waals surface area contributed by atoms with E-state index in [2.05, 4.69) is 62.5 Å². The van der Waals surface area contributed by atoms with Crippen molar-refractivity contribution in [2.24, 2.45) is 0 Å². The molecule has 0 saturated heterocycles. The predicted molar refractivity (Wildman–Crippen MR) is 358 cm³/mol. The van der Waals surface area contributed by atoms with Crippen molar-refractivity contribution in [2.75, 3.05) is 47.5 Å². The number of esters is 2. The third-order valence-corrected chi connectivity index (χ3v) is 17.1. The van der Waals surface area contributed by atoms with Gasteiger partial charge in [0.2, 0.25) is 0 Å². The summed E-state index contributed by atoms with van der Waals surface area (Å²) in [7, 11) is 1.48. The first kappa shape index (κ1) is 81.0. The normalized spacial score (nSPS) is 13.4. The number of phosphoric ester groups is 1. The monoisotopic (exact) mass is 1190 g/mol. The number of rotatable bonds is 67. The largest absolute Gasteiger partial charge is 0.472 e. The van der Waals surface area contributed by atoms with Gasteiger partial charge in [-0.05, 0) is 51.4 Å². The second kappa shape index (κ2) is 64.4. The van der Waals surface area contributed by atoms with Crippen LogP contribution in [0.5, 0.6) is 0 Å². The summed E-state index contributed by atoms with van der Waals surface area (Å²) in [4.78, 5) is 35.8. The summed E-state index contributed by atoms with van der Waals surface area (Å²) >= 11 is 0. The van der Waals surface area contributed by atoms with Gasteiger partial charge in [-0.1, -0.05) is 339 Å². The maximum atomic E-state index is 12.8. The van der Waals surface area contributed by atoms with Crippen molar-refractivity contribution in [3.8, 4) is 0 Å². The molecule has 488 valence electrons. The third-order valence-electron chi connectivity index (χ3n) is 16.1. The fourth-order valence-electron chi connectivity index (χ4n) is 10.7. The Bertz CT molecular complexity index is 1540. The minimum absolute atomic E-state index is 0.0303. The van der Waals surface area contributed by atoms with Crippen LogP contribution in [-0.2, 0) is 32.7 Å². The summed E-state index contributed by atoms with van der Waals surface area (Å²) in [6.07, 6.45) is 83.9. The number of hydrogen-bond donors (Lipinski definition) is 1. The van der Waals surface area contributed by atoms with Crippen molar-refractivity contribution in [1.82, 2.24) is 0 Å². The summed E-state index contributed by atoms with van der Waals surface area (Å²) in [5.74, 6) is -0.792. The Morgan fingerprint density at radius 3 is 1.02 bits per heavy atom. The van der Waals surface area contributed by atoms with E-state index in [1.807, 2.05) is 21.1 Å². The minimum atomic E-state index is -4.39. The number of ether oxygens (including phenoxy) is 2. The zero-order valence-electron chi connectivity index (χ0n) is 55.7. The van der Waals surface area contributed by atoms with Crippen LogP contribution in [0.4, 0.5) is 0 Å². The molecule has 2 atom stereocenters. The smallest absolute Gasteiger partial charge is 0.462 e. The van der Waals surface area contributed by atoms with Gasteiger partial charge in [-0.25, -0.2) is 4.57 Å². The summed E-state index contributed by atoms with van der Waals surface area (Å²) in [5, 5.41) is 0. The molecular formula is C73H139NO8P+. The third kappa shape index (κ3) is 68.9. The van der Waals surface area contributed by atoms with E-state index in [9.17, 15) is 19.0 Å². The van der Waals surface area contributed by atoms with Crippen molar-refractivity contribution >= 4 is 19.8 Å². The van der Waals surface area contributed by atoms with Crippen LogP contribution in [0.15, 0.2) is 48.6 Å². The molecule has 0 spiro atoms. The highest BCUT2D eigenvalue weighted by Gasteiger charge is 2.27. The molecule has 0 aliphatic heterocycles. The standard InChI is InChI=1S/C73H138NO8P/c1-6-8-10-12-14-16-18-20-22-24-26-28-29-30-31-32-33-34-35-36-37-38-39-40-41-42-43-44-46-47-49-51-53-55-57-59-61-63-65-72(75)79-69-71(70-81-83(77,78)80-68-67-74(3,4)5)82-73(76)66-64-62-60-58-56-54-52-50-48-45-27-25-23-21-19-17-15-13-11-9-7-2/h9,11,15,17,21,23,27,45,71H,6-8,10,12-14,16,18-20,22,24-26,28-44,46-70H2,1-5H3/p+1/b11-9-,17-15-,23-21-,45-27-. The van der Waals surface area contributed by atoms with Crippen LogP contribution in [0, 0.1) is 0 Å². The number of carbonyl (C=O) groups excluding carboxylic acids is 2. The molecule has 1 N–H and O–H groups in total. The van der Waals surface area contributed by atoms with Crippen LogP contribution in [0.1, 0.15) is 354 Å². The van der Waals surface area contributed by atoms with Gasteiger partial charge in [0, 0.05) is 12.8 Å². The van der Waals surface area contributed by atoms with E-state index in [0.29, 0.717) is 23.9 Å². The molecule has 0 bridgehead atoms. The minimum Gasteiger partial charge on any atom is -0.462 e. The van der Waals surface area contributed by atoms with Crippen LogP contribution in [-0.4, -0.2) is 74.9 Å². The van der Waals surface area contributed by atoms with Gasteiger partial charge < -0.3 is 18.9 Å². The van der Waals surface area contributed by atoms with Gasteiger partial charge in [0.05, 0.1) is 27.7 Å². The summed E-state index contributed by atoms with van der Waals surface area (Å²) in [6.45, 7) is 4.37. The first-order valence-electron chi connectivity index (χ1n) is 35.9. The Balaban J connectivity index is 3.91. The number of quaternary nitrogens is 1. The number of likely N-dealkylation sites (N-methyl/N-ethyl adjacent to an activating group) is 1. The van der Waals surface area contributed by atoms with Crippen molar-refractivity contribution in [3.63, 3.8) is 0 Å². The van der Waals surface area contributed by atoms with Crippen molar-refractivity contribution in [2.45, 2.75) is 360 Å². The fourth-order valence-corrected chi connectivity index (χ4v) is 11.4. The SMILES string of the molecule is CC/C=C\C/C=C\C/C=C\C/C=C\CCCCCCCCCCC(=O)OC(COC(=O)CCCCCCCCCCCCCCCCCCCCCCCCCCCCCCCCCCCCCCCC)COP(=O)(O)OCC[N+](C)(C)C. The van der Waals surface area contributed by atoms with Crippen molar-refractivity contribution < 1.29 is 42.1 Å². The molecule has 0 rings (SSSR count). The quantitative estimate of drug-likeness (QED) is 0.0211. The molecule has 0 aromatic rings. The number of allylic oxidation sites excluding steroid dienone is 8. The second-order valence-electron chi connectivity index (χ2n) is 25.6. The fraction of sp³-hybridized carbons (Fsp3) is 0.863. The predicted octanol–water partition coefficient (Wildman–Crippen LogP) is 23.2. The van der Waals surface area contributed by atoms with Gasteiger partial charge in [-0.15, -0.1) is 0 Å². The lowest BCUT2D eigenvalue weighted by molar-refractivity contribution is -0.870. The Hall–Kier alpha value is -2.03. The van der Waals surface area contributed by atoms with Crippen molar-refractivity contribution in [3.05, 3.63) is 48.6 Å². The van der Waals surface area contributed by atoms with Gasteiger partial charge in [0.15, 0.2) is 6.10 Å². The van der Waals surface area contributed by atoms with Crippen LogP contribution in [0.25, 0.3) is 0 Å². The second-order valence-corrected chi connectivity index (χ2v) is 27.1. The van der Waals surface area contributed by atoms with E-state index >= 15 is 0 Å². The molecular weight excluding hydrogens is 1050 g/mol. The average molecular weight is 1190 g/mol. The highest BCUT2D eigenvalue weighted by molar-refractivity contribution is 7.47. The van der Waals surface area contributed by atoms with Crippen LogP contribution in [0.3, 0.4) is 0 Å². The Labute approximate surface area is 515 Å². The number of unbranched alkanes of at least 4 members (excludes halogenated alkanes) is 45. The van der Waals surface area contributed by atoms with Crippen LogP contribution < -0.4 is 0 Å². The molecule has 0 amide bonds. The summed E-state index contributed by atoms with van der Waals surface area (Å²) in [5.41, 5.74) is 0. The van der Waals surface area contributed by atoms with Crippen molar-refractivity contribution in [1.29, 1.82) is 0 Å². The number of phosphoric acid groups is 1. The van der Waals surface area contributed by atoms with Gasteiger partial charge in [0.1, 0.15) is 19.8 Å². The molecule has 0 aromatic carbocycles. The van der Waals surface area contributed by atoms with Crippen LogP contribution in [0.2, 0.25) is 0 Å². The Morgan fingerprint density at radius 1 is 0.386 bits per heavy atom. The zero-order valence-corrected chi connectivity index (χ0v) is 56.6. The van der Waals surface area contributed by atoms with Gasteiger partial charge in [-0.2, -0.15) is 0 Å². The molecule has 9 nitrogen and oxygen atoms in total. The van der Waals surface area contributed by atoms with E-state index in [1.165, 1.54) is 250 Å². The van der Waals surface area contributed by atoms with Gasteiger partial charge >= 0.3 is 19.8 Å². The Morgan fingerprint density at radius 2 is 0.687 bits per heavy atom. The average Bonchev–Trinajstić information content (AvgIpc) is 3.49. The van der Waals surface area contributed by atoms with E-state index in [1.54, 1.807) is 0 Å². The molecule has 0 aromatic heterocycles. The maximum absolute atomic E-state index is 12.8. The first-order chi connectivity index (χ1) is 40.5. The highest BCUT2D eigenvalue weighted by atomic mass is 31.2. The molecule has 0 fully saturated rings. The first-order valence-corrected chi connectivity index (χ1v) is 37.4. The molecule has 0 aliphatic carbocycles. The molecule has 83 heavy (non-hydrogen) atoms. The molecule has 10 heteroatoms. The molecule has 0 aliphatic rings. The zero-order chi connectivity index (χ0) is 60.5. The van der Waals surface area contributed by atoms with E-state index in [-0.39, 0.29) is 25.6 Å². The highest BCUT2D eigenvalue weighted by Crippen LogP contribution is 2.43. The van der Waals surface area contributed by atoms with E-state index < -0.39 is 26.5 Å². The molecule has 0 radical (unpaired) electrons. The molecule has 2 unspecified atom stereocenters. The van der Waals surface area contributed by atoms with E-state index in [4.69, 9.17) is 18.5 Å². The summed E-state index contributed by atoms with van der Waals surface area (Å²) in [6, 6.07) is 0. The van der Waals surface area contributed by atoms with Gasteiger partial charge in [-0.3, -0.25) is 18.6 Å². The lowest BCUT2D eigenvalue weighted by Gasteiger charge is -2.24. The molecule has 0 saturated carbocycles. The Kier molecular flexibility index (Phi) is 62.9. The number of hydrogen-bond acceptors (Lipinski definition) is 7. The lowest BCUT2D eigenvalue weighted by atomic mass is 10.0. The number of carbonyl (C=O) groups is 2.